The maximum atomic E-state index is 3.05. The van der Waals surface area contributed by atoms with Crippen LogP contribution in [0.2, 0.25) is 6.04 Å². The molecule has 0 saturated carbocycles. The fourth-order valence-electron chi connectivity index (χ4n) is 0.177. The summed E-state index contributed by atoms with van der Waals surface area (Å²) in [5, 5.41) is 0. The quantitative estimate of drug-likeness (QED) is 0.476. The van der Waals surface area contributed by atoms with E-state index in [-0.39, 0.29) is 0 Å². The van der Waals surface area contributed by atoms with E-state index in [2.05, 4.69) is 11.9 Å². The van der Waals surface area contributed by atoms with Crippen LogP contribution in [0.25, 0.3) is 0 Å². The van der Waals surface area contributed by atoms with Gasteiger partial charge in [0.2, 0.25) is 0 Å². The Morgan fingerprint density at radius 3 is 2.40 bits per heavy atom. The van der Waals surface area contributed by atoms with E-state index in [1.54, 1.807) is 0 Å². The first-order valence-corrected chi connectivity index (χ1v) is 3.02. The van der Waals surface area contributed by atoms with Gasteiger partial charge in [-0.05, 0) is 13.1 Å². The molecule has 0 bridgehead atoms. The lowest BCUT2D eigenvalue weighted by molar-refractivity contribution is 1.21. The van der Waals surface area contributed by atoms with Crippen LogP contribution in [-0.2, 0) is 0 Å². The lowest BCUT2D eigenvalue weighted by Gasteiger charge is -1.81. The van der Waals surface area contributed by atoms with Crippen molar-refractivity contribution in [2.75, 3.05) is 7.05 Å². The van der Waals surface area contributed by atoms with Gasteiger partial charge in [0.05, 0.1) is 0 Å². The zero-order valence-electron chi connectivity index (χ0n) is 3.71. The highest BCUT2D eigenvalue weighted by Gasteiger charge is 1.69. The molecule has 5 heavy (non-hydrogen) atoms. The fourth-order valence-corrected chi connectivity index (χ4v) is 0.530. The molecule has 30 valence electrons. The summed E-state index contributed by atoms with van der Waals surface area (Å²) < 4.78 is 0. The van der Waals surface area contributed by atoms with E-state index in [0.717, 1.165) is 9.68 Å². The Morgan fingerprint density at radius 1 is 1.80 bits per heavy atom. The van der Waals surface area contributed by atoms with Crippen molar-refractivity contribution in [1.82, 2.24) is 4.98 Å². The van der Waals surface area contributed by atoms with E-state index < -0.39 is 0 Å². The van der Waals surface area contributed by atoms with Crippen LogP contribution in [0.3, 0.4) is 0 Å². The van der Waals surface area contributed by atoms with Crippen LogP contribution >= 0.6 is 0 Å². The van der Waals surface area contributed by atoms with Crippen LogP contribution < -0.4 is 4.98 Å². The fraction of sp³-hybridized carbons (Fsp3) is 1.00. The number of nitrogens with one attached hydrogen (secondary N) is 1. The molecule has 0 aliphatic heterocycles. The third-order valence-corrected chi connectivity index (χ3v) is 1.06. The van der Waals surface area contributed by atoms with Crippen molar-refractivity contribution in [2.24, 2.45) is 0 Å². The highest BCUT2D eigenvalue weighted by molar-refractivity contribution is 6.31. The lowest BCUT2D eigenvalue weighted by atomic mass is 11.0. The molecular weight excluding hydrogens is 78.1 g/mol. The van der Waals surface area contributed by atoms with Gasteiger partial charge in [-0.2, -0.15) is 0 Å². The van der Waals surface area contributed by atoms with Crippen molar-refractivity contribution in [3.8, 4) is 0 Å². The molecule has 0 fully saturated rings. The van der Waals surface area contributed by atoms with Gasteiger partial charge in [0.15, 0.2) is 0 Å². The second-order valence-electron chi connectivity index (χ2n) is 0.780. The van der Waals surface area contributed by atoms with E-state index in [0.29, 0.717) is 0 Å². The zero-order valence-corrected chi connectivity index (χ0v) is 4.71. The monoisotopic (exact) mass is 87.1 g/mol. The summed E-state index contributed by atoms with van der Waals surface area (Å²) in [5.74, 6) is 0. The topological polar surface area (TPSA) is 12.0 Å². The van der Waals surface area contributed by atoms with Crippen LogP contribution in [0.5, 0.6) is 0 Å². The Hall–Kier alpha value is 0.177. The molecule has 0 rings (SSSR count). The molecule has 0 aromatic carbocycles. The first-order valence-electron chi connectivity index (χ1n) is 1.81. The summed E-state index contributed by atoms with van der Waals surface area (Å²) >= 11 is 0. The second kappa shape index (κ2) is 4.18. The first kappa shape index (κ1) is 5.18. The van der Waals surface area contributed by atoms with Crippen LogP contribution in [0.15, 0.2) is 0 Å². The Morgan fingerprint density at radius 2 is 2.40 bits per heavy atom. The molecule has 2 radical (unpaired) electrons. The maximum Gasteiger partial charge on any atom is 0.138 e. The molecule has 1 N–H and O–H groups in total. The van der Waals surface area contributed by atoms with Crippen molar-refractivity contribution < 1.29 is 0 Å². The molecule has 0 aliphatic rings. The minimum atomic E-state index is 0.948. The summed E-state index contributed by atoms with van der Waals surface area (Å²) in [4.78, 5) is 3.05. The van der Waals surface area contributed by atoms with Crippen LogP contribution in [0, 0.1) is 0 Å². The second-order valence-corrected chi connectivity index (χ2v) is 2.34. The van der Waals surface area contributed by atoms with Crippen LogP contribution in [-0.4, -0.2) is 16.7 Å². The summed E-state index contributed by atoms with van der Waals surface area (Å²) in [7, 11) is 2.92. The minimum absolute atomic E-state index is 0.948. The normalized spacial score (nSPS) is 8.40. The van der Waals surface area contributed by atoms with E-state index in [1.165, 1.54) is 6.04 Å². The van der Waals surface area contributed by atoms with E-state index in [4.69, 9.17) is 0 Å². The van der Waals surface area contributed by atoms with Gasteiger partial charge in [-0.15, -0.1) is 0 Å². The van der Waals surface area contributed by atoms with Gasteiger partial charge in [-0.3, -0.25) is 0 Å². The summed E-state index contributed by atoms with van der Waals surface area (Å²) in [5.41, 5.74) is 0. The van der Waals surface area contributed by atoms with E-state index in [1.807, 2.05) is 7.05 Å². The van der Waals surface area contributed by atoms with Crippen molar-refractivity contribution in [3.05, 3.63) is 0 Å². The van der Waals surface area contributed by atoms with Crippen molar-refractivity contribution in [2.45, 2.75) is 13.0 Å². The zero-order chi connectivity index (χ0) is 4.12. The number of rotatable bonds is 2. The van der Waals surface area contributed by atoms with E-state index in [9.17, 15) is 0 Å². The molecule has 0 amide bonds. The first-order chi connectivity index (χ1) is 2.41. The maximum absolute atomic E-state index is 3.05. The number of hydrogen-bond donors (Lipinski definition) is 1. The summed E-state index contributed by atoms with van der Waals surface area (Å²) in [6.45, 7) is 2.16. The molecule has 0 unspecified atom stereocenters. The average Bonchev–Trinajstić information content (AvgIpc) is 1.41. The number of hydrogen-bond acceptors (Lipinski definition) is 1. The van der Waals surface area contributed by atoms with Gasteiger partial charge >= 0.3 is 0 Å². The van der Waals surface area contributed by atoms with Gasteiger partial charge in [-0.25, -0.2) is 0 Å². The largest absolute Gasteiger partial charge is 0.342 e. The highest BCUT2D eigenvalue weighted by atomic mass is 28.2. The third-order valence-electron chi connectivity index (χ3n) is 0.354. The molecule has 0 heterocycles. The standard InChI is InChI=1S/C3H9NSi/c1-3-5-4-2/h4H,3H2,1-2H3. The Bertz CT molecular complexity index is 14.4. The predicted octanol–water partition coefficient (Wildman–Crippen LogP) is 0.263. The Kier molecular flexibility index (Phi) is 4.32. The van der Waals surface area contributed by atoms with Crippen LogP contribution in [0.1, 0.15) is 6.92 Å². The molecule has 0 aromatic rings. The molecule has 2 heteroatoms. The third kappa shape index (κ3) is 4.18. The highest BCUT2D eigenvalue weighted by Crippen LogP contribution is 1.61. The van der Waals surface area contributed by atoms with E-state index >= 15 is 0 Å². The Balaban J connectivity index is 2.19. The molecule has 0 aromatic heterocycles. The van der Waals surface area contributed by atoms with Gasteiger partial charge < -0.3 is 4.98 Å². The molecule has 0 spiro atoms. The Labute approximate surface area is 35.7 Å². The van der Waals surface area contributed by atoms with Crippen LogP contribution in [0.4, 0.5) is 0 Å². The smallest absolute Gasteiger partial charge is 0.138 e. The molecule has 0 aliphatic carbocycles. The van der Waals surface area contributed by atoms with Crippen molar-refractivity contribution in [1.29, 1.82) is 0 Å². The van der Waals surface area contributed by atoms with Gasteiger partial charge in [0, 0.05) is 0 Å². The molecule has 0 atom stereocenters. The molecule has 0 saturated heterocycles. The lowest BCUT2D eigenvalue weighted by Crippen LogP contribution is -2.09. The molecular formula is C3H9NSi. The van der Waals surface area contributed by atoms with Gasteiger partial charge in [0.1, 0.15) is 9.68 Å². The minimum Gasteiger partial charge on any atom is -0.342 e. The van der Waals surface area contributed by atoms with Gasteiger partial charge in [0.25, 0.3) is 0 Å². The predicted molar refractivity (Wildman–Crippen MR) is 25.3 cm³/mol. The average molecular weight is 87.2 g/mol. The SMILES string of the molecule is CC[Si]NC. The van der Waals surface area contributed by atoms with Crippen molar-refractivity contribution >= 4 is 9.68 Å². The summed E-state index contributed by atoms with van der Waals surface area (Å²) in [6, 6.07) is 1.26. The van der Waals surface area contributed by atoms with Gasteiger partial charge in [-0.1, -0.05) is 6.92 Å². The summed E-state index contributed by atoms with van der Waals surface area (Å²) in [6.07, 6.45) is 0. The van der Waals surface area contributed by atoms with Crippen molar-refractivity contribution in [3.63, 3.8) is 0 Å². The molecule has 1 nitrogen and oxygen atoms in total.